The van der Waals surface area contributed by atoms with Gasteiger partial charge in [-0.1, -0.05) is 26.0 Å². The number of esters is 1. The summed E-state index contributed by atoms with van der Waals surface area (Å²) in [6, 6.07) is 10.1. The van der Waals surface area contributed by atoms with Gasteiger partial charge in [-0.25, -0.2) is 4.39 Å². The van der Waals surface area contributed by atoms with Crippen molar-refractivity contribution in [2.24, 2.45) is 5.92 Å². The summed E-state index contributed by atoms with van der Waals surface area (Å²) in [5, 5.41) is 0. The quantitative estimate of drug-likeness (QED) is 0.228. The normalized spacial score (nSPS) is 12.9. The second-order valence-corrected chi connectivity index (χ2v) is 8.85. The van der Waals surface area contributed by atoms with Crippen LogP contribution in [0, 0.1) is 11.7 Å². The third-order valence-corrected chi connectivity index (χ3v) is 5.48. The van der Waals surface area contributed by atoms with Gasteiger partial charge < -0.3 is 9.47 Å². The number of methoxy groups -OCH3 is 1. The molecule has 1 atom stereocenters. The molecule has 0 fully saturated rings. The predicted octanol–water partition coefficient (Wildman–Crippen LogP) is 8.63. The van der Waals surface area contributed by atoms with Gasteiger partial charge in [0.2, 0.25) is 0 Å². The van der Waals surface area contributed by atoms with Gasteiger partial charge in [0.15, 0.2) is 0 Å². The maximum Gasteiger partial charge on any atom is 0.416 e. The lowest BCUT2D eigenvalue weighted by Gasteiger charge is -2.20. The van der Waals surface area contributed by atoms with E-state index in [2.05, 4.69) is 0 Å². The van der Waals surface area contributed by atoms with Crippen LogP contribution >= 0.6 is 0 Å². The van der Waals surface area contributed by atoms with Crippen LogP contribution in [-0.2, 0) is 21.9 Å². The number of hydrogen-bond acceptors (Lipinski definition) is 3. The van der Waals surface area contributed by atoms with Crippen LogP contribution < -0.4 is 4.74 Å². The van der Waals surface area contributed by atoms with E-state index in [1.165, 1.54) is 31.4 Å². The Balaban J connectivity index is 2.18. The van der Waals surface area contributed by atoms with Crippen molar-refractivity contribution in [3.8, 4) is 22.6 Å². The van der Waals surface area contributed by atoms with Crippen molar-refractivity contribution >= 4 is 5.97 Å². The molecule has 37 heavy (non-hydrogen) atoms. The molecule has 0 saturated heterocycles. The van der Waals surface area contributed by atoms with E-state index in [1.54, 1.807) is 0 Å². The van der Waals surface area contributed by atoms with E-state index >= 15 is 0 Å². The Labute approximate surface area is 208 Å². The van der Waals surface area contributed by atoms with Crippen LogP contribution in [0.1, 0.15) is 42.9 Å². The highest BCUT2D eigenvalue weighted by Gasteiger charge is 2.32. The number of alkyl halides is 6. The molecule has 1 unspecified atom stereocenters. The van der Waals surface area contributed by atoms with Gasteiger partial charge in [0, 0.05) is 0 Å². The highest BCUT2D eigenvalue weighted by molar-refractivity contribution is 5.79. The lowest BCUT2D eigenvalue weighted by atomic mass is 9.88. The van der Waals surface area contributed by atoms with Gasteiger partial charge in [0.05, 0.1) is 24.2 Å². The minimum Gasteiger partial charge on any atom is -0.469 e. The van der Waals surface area contributed by atoms with Crippen LogP contribution in [0.2, 0.25) is 0 Å². The lowest BCUT2D eigenvalue weighted by Crippen LogP contribution is -2.16. The number of halogens is 7. The molecular weight excluding hydrogens is 505 g/mol. The van der Waals surface area contributed by atoms with Crippen LogP contribution in [0.15, 0.2) is 60.7 Å². The second-order valence-electron chi connectivity index (χ2n) is 8.85. The van der Waals surface area contributed by atoms with Gasteiger partial charge in [-0.05, 0) is 77.6 Å². The fourth-order valence-electron chi connectivity index (χ4n) is 3.82. The largest absolute Gasteiger partial charge is 0.469 e. The molecule has 3 rings (SSSR count). The Morgan fingerprint density at radius 1 is 0.811 bits per heavy atom. The average molecular weight is 528 g/mol. The van der Waals surface area contributed by atoms with Gasteiger partial charge >= 0.3 is 18.3 Å². The number of carbonyl (C=O) groups excluding carboxylic acids is 1. The van der Waals surface area contributed by atoms with Crippen LogP contribution in [0.3, 0.4) is 0 Å². The van der Waals surface area contributed by atoms with E-state index in [4.69, 9.17) is 9.47 Å². The van der Waals surface area contributed by atoms with Crippen molar-refractivity contribution in [2.45, 2.75) is 38.5 Å². The van der Waals surface area contributed by atoms with E-state index in [0.29, 0.717) is 12.5 Å². The predicted molar refractivity (Wildman–Crippen MR) is 123 cm³/mol. The maximum atomic E-state index is 14.1. The minimum absolute atomic E-state index is 0.00611. The topological polar surface area (TPSA) is 35.5 Å². The molecular formula is C27H23F7O3. The average Bonchev–Trinajstić information content (AvgIpc) is 2.80. The first-order valence-electron chi connectivity index (χ1n) is 11.1. The smallest absolute Gasteiger partial charge is 0.416 e. The molecule has 0 N–H and O–H groups in total. The van der Waals surface area contributed by atoms with Gasteiger partial charge in [0.1, 0.15) is 17.3 Å². The molecule has 10 heteroatoms. The Morgan fingerprint density at radius 3 is 2.05 bits per heavy atom. The van der Waals surface area contributed by atoms with Crippen molar-refractivity contribution in [1.82, 2.24) is 0 Å². The summed E-state index contributed by atoms with van der Waals surface area (Å²) in [6.07, 6.45) is -9.15. The van der Waals surface area contributed by atoms with Gasteiger partial charge in [0.25, 0.3) is 0 Å². The van der Waals surface area contributed by atoms with E-state index in [9.17, 15) is 35.5 Å². The fourth-order valence-corrected chi connectivity index (χ4v) is 3.82. The monoisotopic (exact) mass is 528 g/mol. The fraction of sp³-hybridized carbons (Fsp3) is 0.296. The molecule has 0 spiro atoms. The third-order valence-electron chi connectivity index (χ3n) is 5.48. The summed E-state index contributed by atoms with van der Waals surface area (Å²) >= 11 is 0. The summed E-state index contributed by atoms with van der Waals surface area (Å²) in [5.74, 6) is -2.85. The summed E-state index contributed by atoms with van der Waals surface area (Å²) in [4.78, 5) is 12.6. The third kappa shape index (κ3) is 7.24. The molecule has 3 aromatic carbocycles. The van der Waals surface area contributed by atoms with Crippen molar-refractivity contribution in [3.05, 3.63) is 83.2 Å². The van der Waals surface area contributed by atoms with E-state index in [-0.39, 0.29) is 34.1 Å². The van der Waals surface area contributed by atoms with Crippen LogP contribution in [0.25, 0.3) is 11.1 Å². The standard InChI is InChI=1S/C27H23F7O3/c1-15(2)7-24(25(35)36-3)18-8-16(17-9-20(27(32,33)34)13-21(28)10-17)11-23(12-18)37-22-6-4-5-19(14-22)26(29,30)31/h4-6,8-15,24H,7H2,1-3H3. The van der Waals surface area contributed by atoms with Gasteiger partial charge in [-0.3, -0.25) is 4.79 Å². The molecule has 0 aliphatic heterocycles. The molecule has 0 heterocycles. The van der Waals surface area contributed by atoms with Crippen molar-refractivity contribution < 1.29 is 45.0 Å². The number of hydrogen-bond donors (Lipinski definition) is 0. The number of benzene rings is 3. The summed E-state index contributed by atoms with van der Waals surface area (Å²) in [7, 11) is 1.18. The Morgan fingerprint density at radius 2 is 1.46 bits per heavy atom. The molecule has 3 aromatic rings. The van der Waals surface area contributed by atoms with Crippen molar-refractivity contribution in [2.75, 3.05) is 7.11 Å². The lowest BCUT2D eigenvalue weighted by molar-refractivity contribution is -0.143. The molecule has 0 aliphatic carbocycles. The summed E-state index contributed by atoms with van der Waals surface area (Å²) in [6.45, 7) is 3.70. The number of rotatable bonds is 7. The molecule has 0 saturated carbocycles. The van der Waals surface area contributed by atoms with Crippen molar-refractivity contribution in [3.63, 3.8) is 0 Å². The maximum absolute atomic E-state index is 14.1. The van der Waals surface area contributed by atoms with Gasteiger partial charge in [-0.15, -0.1) is 0 Å². The van der Waals surface area contributed by atoms with Gasteiger partial charge in [-0.2, -0.15) is 26.3 Å². The van der Waals surface area contributed by atoms with Crippen LogP contribution in [0.5, 0.6) is 11.5 Å². The zero-order valence-corrected chi connectivity index (χ0v) is 20.0. The Hall–Kier alpha value is -3.56. The zero-order chi connectivity index (χ0) is 27.5. The SMILES string of the molecule is COC(=O)C(CC(C)C)c1cc(Oc2cccc(C(F)(F)F)c2)cc(-c2cc(F)cc(C(F)(F)F)c2)c1. The van der Waals surface area contributed by atoms with E-state index < -0.39 is 41.2 Å². The molecule has 0 aromatic heterocycles. The van der Waals surface area contributed by atoms with Crippen molar-refractivity contribution in [1.29, 1.82) is 0 Å². The molecule has 0 amide bonds. The van der Waals surface area contributed by atoms with E-state index in [1.807, 2.05) is 13.8 Å². The Kier molecular flexibility index (Phi) is 8.19. The van der Waals surface area contributed by atoms with E-state index in [0.717, 1.165) is 30.3 Å². The summed E-state index contributed by atoms with van der Waals surface area (Å²) < 4.78 is 104. The molecule has 198 valence electrons. The molecule has 0 radical (unpaired) electrons. The first kappa shape index (κ1) is 28.0. The number of ether oxygens (including phenoxy) is 2. The second kappa shape index (κ2) is 10.8. The molecule has 3 nitrogen and oxygen atoms in total. The highest BCUT2D eigenvalue weighted by atomic mass is 19.4. The number of carbonyl (C=O) groups is 1. The molecule has 0 bridgehead atoms. The first-order valence-corrected chi connectivity index (χ1v) is 11.1. The Bertz CT molecular complexity index is 1260. The summed E-state index contributed by atoms with van der Waals surface area (Å²) in [5.41, 5.74) is -1.98. The zero-order valence-electron chi connectivity index (χ0n) is 20.0. The molecule has 0 aliphatic rings. The first-order chi connectivity index (χ1) is 17.2. The van der Waals surface area contributed by atoms with Crippen LogP contribution in [-0.4, -0.2) is 13.1 Å². The highest BCUT2D eigenvalue weighted by Crippen LogP contribution is 2.38. The minimum atomic E-state index is -4.82. The van der Waals surface area contributed by atoms with Crippen LogP contribution in [0.4, 0.5) is 30.7 Å².